The zero-order valence-corrected chi connectivity index (χ0v) is 16.0. The molecule has 0 fully saturated rings. The van der Waals surface area contributed by atoms with Crippen molar-refractivity contribution in [3.8, 4) is 0 Å². The molecule has 136 valence electrons. The van der Waals surface area contributed by atoms with E-state index in [1.807, 2.05) is 0 Å². The molecule has 0 saturated heterocycles. The van der Waals surface area contributed by atoms with Crippen LogP contribution < -0.4 is 14.9 Å². The number of hydrogen-bond donors (Lipinski definition) is 2. The van der Waals surface area contributed by atoms with Gasteiger partial charge in [0.1, 0.15) is 0 Å². The molecule has 26 heavy (non-hydrogen) atoms. The van der Waals surface area contributed by atoms with Gasteiger partial charge in [-0.2, -0.15) is 0 Å². The van der Waals surface area contributed by atoms with Crippen LogP contribution in [0, 0.1) is 6.92 Å². The van der Waals surface area contributed by atoms with Crippen LogP contribution in [-0.4, -0.2) is 18.9 Å². The summed E-state index contributed by atoms with van der Waals surface area (Å²) in [5, 5.41) is 2.57. The summed E-state index contributed by atoms with van der Waals surface area (Å²) in [7, 11) is -2.19. The third-order valence-corrected chi connectivity index (χ3v) is 6.36. The van der Waals surface area contributed by atoms with E-state index < -0.39 is 10.0 Å². The van der Waals surface area contributed by atoms with E-state index in [4.69, 9.17) is 0 Å². The molecule has 1 aromatic heterocycles. The Balaban J connectivity index is 1.98. The molecule has 0 saturated carbocycles. The number of sulfonamides is 1. The highest BCUT2D eigenvalue weighted by Gasteiger charge is 2.18. The lowest BCUT2D eigenvalue weighted by Gasteiger charge is -2.12. The molecule has 3 aromatic rings. The van der Waals surface area contributed by atoms with Crippen molar-refractivity contribution in [2.24, 2.45) is 7.05 Å². The molecule has 1 heterocycles. The van der Waals surface area contributed by atoms with Crippen molar-refractivity contribution in [3.05, 3.63) is 51.6 Å². The minimum atomic E-state index is -3.86. The van der Waals surface area contributed by atoms with Crippen molar-refractivity contribution >= 4 is 48.9 Å². The fourth-order valence-corrected chi connectivity index (χ4v) is 4.82. The molecule has 0 bridgehead atoms. The smallest absolute Gasteiger partial charge is 0.307 e. The van der Waals surface area contributed by atoms with Gasteiger partial charge in [0.05, 0.1) is 20.8 Å². The number of benzene rings is 2. The Kier molecular flexibility index (Phi) is 4.59. The summed E-state index contributed by atoms with van der Waals surface area (Å²) < 4.78 is 30.3. The topological polar surface area (TPSA) is 97.3 Å². The second-order valence-corrected chi connectivity index (χ2v) is 8.52. The quantitative estimate of drug-likeness (QED) is 0.714. The fraction of sp³-hybridized carbons (Fsp3) is 0.176. The number of thiazole rings is 1. The zero-order valence-electron chi connectivity index (χ0n) is 14.4. The highest BCUT2D eigenvalue weighted by atomic mass is 32.2. The normalized spacial score (nSPS) is 11.5. The Morgan fingerprint density at radius 2 is 1.81 bits per heavy atom. The van der Waals surface area contributed by atoms with E-state index in [0.717, 1.165) is 16.9 Å². The molecule has 2 aromatic carbocycles. The summed E-state index contributed by atoms with van der Waals surface area (Å²) >= 11 is 1.05. The Morgan fingerprint density at radius 1 is 1.12 bits per heavy atom. The molecule has 0 radical (unpaired) electrons. The van der Waals surface area contributed by atoms with Gasteiger partial charge >= 0.3 is 4.87 Å². The highest BCUT2D eigenvalue weighted by molar-refractivity contribution is 7.92. The summed E-state index contributed by atoms with van der Waals surface area (Å²) in [4.78, 5) is 22.9. The number of amides is 1. The van der Waals surface area contributed by atoms with Gasteiger partial charge in [-0.3, -0.25) is 14.3 Å². The van der Waals surface area contributed by atoms with E-state index in [-0.39, 0.29) is 15.7 Å². The first-order valence-electron chi connectivity index (χ1n) is 7.68. The van der Waals surface area contributed by atoms with Crippen LogP contribution in [0.2, 0.25) is 0 Å². The fourth-order valence-electron chi connectivity index (χ4n) is 2.58. The third-order valence-electron chi connectivity index (χ3n) is 3.84. The molecule has 0 atom stereocenters. The number of fused-ring (bicyclic) bond motifs is 1. The van der Waals surface area contributed by atoms with Crippen LogP contribution in [0.25, 0.3) is 10.2 Å². The predicted molar refractivity (Wildman–Crippen MR) is 103 cm³/mol. The molecule has 1 amide bonds. The van der Waals surface area contributed by atoms with Gasteiger partial charge in [0, 0.05) is 19.7 Å². The van der Waals surface area contributed by atoms with Crippen LogP contribution in [-0.2, 0) is 21.9 Å². The SMILES string of the molecule is CC(=O)Nc1ccc(C)c(S(=O)(=O)Nc2ccc3c(c2)sc(=O)n3C)c1. The monoisotopic (exact) mass is 391 g/mol. The number of nitrogens with one attached hydrogen (secondary N) is 2. The number of nitrogens with zero attached hydrogens (tertiary/aromatic N) is 1. The van der Waals surface area contributed by atoms with Crippen molar-refractivity contribution in [3.63, 3.8) is 0 Å². The minimum absolute atomic E-state index is 0.0742. The van der Waals surface area contributed by atoms with Gasteiger partial charge in [-0.25, -0.2) is 8.42 Å². The number of rotatable bonds is 4. The minimum Gasteiger partial charge on any atom is -0.326 e. The van der Waals surface area contributed by atoms with Crippen molar-refractivity contribution in [2.45, 2.75) is 18.7 Å². The van der Waals surface area contributed by atoms with Gasteiger partial charge < -0.3 is 9.88 Å². The molecule has 3 rings (SSSR count). The lowest BCUT2D eigenvalue weighted by atomic mass is 10.2. The van der Waals surface area contributed by atoms with Crippen LogP contribution in [0.1, 0.15) is 12.5 Å². The van der Waals surface area contributed by atoms with E-state index in [0.29, 0.717) is 21.6 Å². The van der Waals surface area contributed by atoms with Crippen LogP contribution in [0.15, 0.2) is 46.1 Å². The lowest BCUT2D eigenvalue weighted by Crippen LogP contribution is -2.15. The summed E-state index contributed by atoms with van der Waals surface area (Å²) in [6, 6.07) is 9.63. The number of anilines is 2. The summed E-state index contributed by atoms with van der Waals surface area (Å²) in [6.07, 6.45) is 0. The summed E-state index contributed by atoms with van der Waals surface area (Å²) in [6.45, 7) is 3.03. The van der Waals surface area contributed by atoms with Crippen LogP contribution in [0.4, 0.5) is 11.4 Å². The molecule has 0 aliphatic rings. The first kappa shape index (κ1) is 18.2. The molecule has 0 unspecified atom stereocenters. The average Bonchev–Trinajstić information content (AvgIpc) is 2.82. The van der Waals surface area contributed by atoms with E-state index in [2.05, 4.69) is 10.0 Å². The second kappa shape index (κ2) is 6.58. The van der Waals surface area contributed by atoms with E-state index >= 15 is 0 Å². The first-order valence-corrected chi connectivity index (χ1v) is 9.98. The summed E-state index contributed by atoms with van der Waals surface area (Å²) in [5.41, 5.74) is 2.06. The maximum Gasteiger partial charge on any atom is 0.307 e. The molecular weight excluding hydrogens is 374 g/mol. The number of aromatic nitrogens is 1. The summed E-state index contributed by atoms with van der Waals surface area (Å²) in [5.74, 6) is -0.283. The molecule has 0 aliphatic carbocycles. The largest absolute Gasteiger partial charge is 0.326 e. The lowest BCUT2D eigenvalue weighted by molar-refractivity contribution is -0.114. The standard InChI is InChI=1S/C17H17N3O4S2/c1-10-4-5-12(18-11(2)21)9-16(10)26(23,24)19-13-6-7-14-15(8-13)25-17(22)20(14)3/h4-9,19H,1-3H3,(H,18,21). The van der Waals surface area contributed by atoms with Gasteiger partial charge in [0.2, 0.25) is 5.91 Å². The van der Waals surface area contributed by atoms with E-state index in [1.54, 1.807) is 44.3 Å². The van der Waals surface area contributed by atoms with Crippen LogP contribution >= 0.6 is 11.3 Å². The van der Waals surface area contributed by atoms with Crippen LogP contribution in [0.3, 0.4) is 0 Å². The van der Waals surface area contributed by atoms with Crippen molar-refractivity contribution in [2.75, 3.05) is 10.0 Å². The van der Waals surface area contributed by atoms with Gasteiger partial charge in [-0.15, -0.1) is 0 Å². The molecule has 0 aliphatic heterocycles. The maximum absolute atomic E-state index is 12.8. The van der Waals surface area contributed by atoms with Crippen molar-refractivity contribution < 1.29 is 13.2 Å². The Labute approximate surface area is 154 Å². The van der Waals surface area contributed by atoms with E-state index in [9.17, 15) is 18.0 Å². The Morgan fingerprint density at radius 3 is 2.50 bits per heavy atom. The van der Waals surface area contributed by atoms with Crippen molar-refractivity contribution in [1.82, 2.24) is 4.57 Å². The number of carbonyl (C=O) groups is 1. The first-order chi connectivity index (χ1) is 12.2. The number of hydrogen-bond acceptors (Lipinski definition) is 5. The van der Waals surface area contributed by atoms with Gasteiger partial charge in [-0.05, 0) is 42.8 Å². The maximum atomic E-state index is 12.8. The third kappa shape index (κ3) is 3.49. The molecule has 9 heteroatoms. The van der Waals surface area contributed by atoms with Gasteiger partial charge in [0.25, 0.3) is 10.0 Å². The number of aryl methyl sites for hydroxylation is 2. The molecule has 2 N–H and O–H groups in total. The molecule has 0 spiro atoms. The number of carbonyl (C=O) groups excluding carboxylic acids is 1. The Hall–Kier alpha value is -2.65. The predicted octanol–water partition coefficient (Wildman–Crippen LogP) is 2.67. The second-order valence-electron chi connectivity index (χ2n) is 5.88. The molecular formula is C17H17N3O4S2. The zero-order chi connectivity index (χ0) is 19.1. The van der Waals surface area contributed by atoms with E-state index in [1.165, 1.54) is 17.6 Å². The Bertz CT molecular complexity index is 1180. The molecule has 7 nitrogen and oxygen atoms in total. The van der Waals surface area contributed by atoms with Crippen LogP contribution in [0.5, 0.6) is 0 Å². The average molecular weight is 391 g/mol. The van der Waals surface area contributed by atoms with Gasteiger partial charge in [0.15, 0.2) is 0 Å². The van der Waals surface area contributed by atoms with Crippen molar-refractivity contribution in [1.29, 1.82) is 0 Å². The highest BCUT2D eigenvalue weighted by Crippen LogP contribution is 2.26. The van der Waals surface area contributed by atoms with Gasteiger partial charge in [-0.1, -0.05) is 17.4 Å².